The van der Waals surface area contributed by atoms with Crippen molar-refractivity contribution in [1.29, 1.82) is 0 Å². The topological polar surface area (TPSA) is 65.9 Å². The largest absolute Gasteiger partial charge is 0.388 e. The van der Waals surface area contributed by atoms with E-state index in [9.17, 15) is 5.11 Å². The molecule has 0 aromatic rings. The van der Waals surface area contributed by atoms with Gasteiger partial charge in [0, 0.05) is 20.2 Å². The minimum atomic E-state index is -0.535. The van der Waals surface area contributed by atoms with Gasteiger partial charge in [-0.25, -0.2) is 0 Å². The van der Waals surface area contributed by atoms with Gasteiger partial charge in [0.2, 0.25) is 0 Å². The fourth-order valence-corrected chi connectivity index (χ4v) is 1.69. The zero-order valence-corrected chi connectivity index (χ0v) is 14.8. The van der Waals surface area contributed by atoms with Crippen LogP contribution in [0, 0.1) is 0 Å². The number of nitrogens with one attached hydrogen (secondary N) is 2. The fourth-order valence-electron chi connectivity index (χ4n) is 1.69. The number of nitrogens with zero attached hydrogens (tertiary/aromatic N) is 1. The third-order valence-electron chi connectivity index (χ3n) is 3.38. The molecule has 1 aliphatic carbocycles. The van der Waals surface area contributed by atoms with Crippen LogP contribution in [0.3, 0.4) is 0 Å². The van der Waals surface area contributed by atoms with Crippen molar-refractivity contribution in [3.05, 3.63) is 0 Å². The number of hydrogen-bond acceptors (Lipinski definition) is 3. The Balaban J connectivity index is 0.00000324. The number of rotatable bonds is 6. The molecular formula is C13H28IN3O2. The Bertz CT molecular complexity index is 292. The number of ether oxygens (including phenoxy) is 1. The summed E-state index contributed by atoms with van der Waals surface area (Å²) >= 11 is 0. The molecule has 0 aliphatic heterocycles. The minimum Gasteiger partial charge on any atom is -0.388 e. The summed E-state index contributed by atoms with van der Waals surface area (Å²) in [5.74, 6) is 0.739. The highest BCUT2D eigenvalue weighted by Crippen LogP contribution is 2.30. The summed E-state index contributed by atoms with van der Waals surface area (Å²) in [5, 5.41) is 16.4. The Morgan fingerprint density at radius 3 is 2.42 bits per heavy atom. The highest BCUT2D eigenvalue weighted by Gasteiger charge is 2.34. The van der Waals surface area contributed by atoms with Crippen LogP contribution in [-0.2, 0) is 4.74 Å². The molecule has 0 spiro atoms. The molecule has 114 valence electrons. The van der Waals surface area contributed by atoms with Crippen LogP contribution in [0.5, 0.6) is 0 Å². The first-order valence-electron chi connectivity index (χ1n) is 6.70. The molecule has 0 unspecified atom stereocenters. The van der Waals surface area contributed by atoms with Crippen LogP contribution >= 0.6 is 24.0 Å². The van der Waals surface area contributed by atoms with Crippen LogP contribution < -0.4 is 10.6 Å². The number of aliphatic hydroxyl groups is 1. The lowest BCUT2D eigenvalue weighted by molar-refractivity contribution is -0.0279. The van der Waals surface area contributed by atoms with E-state index in [1.807, 2.05) is 20.8 Å². The highest BCUT2D eigenvalue weighted by molar-refractivity contribution is 14.0. The van der Waals surface area contributed by atoms with Gasteiger partial charge in [-0.1, -0.05) is 0 Å². The van der Waals surface area contributed by atoms with Gasteiger partial charge in [0.1, 0.15) is 0 Å². The van der Waals surface area contributed by atoms with Crippen molar-refractivity contribution in [2.75, 3.05) is 26.7 Å². The molecular weight excluding hydrogens is 357 g/mol. The monoisotopic (exact) mass is 385 g/mol. The second-order valence-electron chi connectivity index (χ2n) is 5.59. The first-order valence-corrected chi connectivity index (χ1v) is 6.70. The second kappa shape index (κ2) is 8.26. The Morgan fingerprint density at radius 2 is 2.00 bits per heavy atom. The van der Waals surface area contributed by atoms with Crippen LogP contribution in [0.1, 0.15) is 40.0 Å². The third kappa shape index (κ3) is 6.76. The van der Waals surface area contributed by atoms with Crippen molar-refractivity contribution in [2.24, 2.45) is 4.99 Å². The maximum atomic E-state index is 10.0. The van der Waals surface area contributed by atoms with Gasteiger partial charge in [-0.3, -0.25) is 4.99 Å². The van der Waals surface area contributed by atoms with E-state index in [0.29, 0.717) is 13.1 Å². The van der Waals surface area contributed by atoms with E-state index in [-0.39, 0.29) is 29.6 Å². The molecule has 1 fully saturated rings. The van der Waals surface area contributed by atoms with E-state index in [2.05, 4.69) is 15.6 Å². The lowest BCUT2D eigenvalue weighted by Crippen LogP contribution is -2.51. The summed E-state index contributed by atoms with van der Waals surface area (Å²) < 4.78 is 5.33. The number of methoxy groups -OCH3 is 1. The van der Waals surface area contributed by atoms with Crippen molar-refractivity contribution >= 4 is 29.9 Å². The summed E-state index contributed by atoms with van der Waals surface area (Å²) in [6.07, 6.45) is 2.87. The molecule has 0 atom stereocenters. The summed E-state index contributed by atoms with van der Waals surface area (Å²) in [7, 11) is 1.69. The predicted octanol–water partition coefficient (Wildman–Crippen LogP) is 1.50. The van der Waals surface area contributed by atoms with Gasteiger partial charge >= 0.3 is 0 Å². The van der Waals surface area contributed by atoms with Gasteiger partial charge in [-0.2, -0.15) is 0 Å². The van der Waals surface area contributed by atoms with Crippen LogP contribution in [0.2, 0.25) is 0 Å². The summed E-state index contributed by atoms with van der Waals surface area (Å²) in [4.78, 5) is 4.48. The molecule has 1 aliphatic rings. The van der Waals surface area contributed by atoms with E-state index in [1.165, 1.54) is 0 Å². The van der Waals surface area contributed by atoms with Crippen LogP contribution in [-0.4, -0.2) is 49.0 Å². The zero-order chi connectivity index (χ0) is 13.6. The van der Waals surface area contributed by atoms with Crippen molar-refractivity contribution in [3.8, 4) is 0 Å². The third-order valence-corrected chi connectivity index (χ3v) is 3.38. The van der Waals surface area contributed by atoms with Crippen molar-refractivity contribution in [2.45, 2.75) is 51.2 Å². The van der Waals surface area contributed by atoms with Gasteiger partial charge in [-0.15, -0.1) is 24.0 Å². The van der Waals surface area contributed by atoms with Gasteiger partial charge in [0.05, 0.1) is 17.7 Å². The van der Waals surface area contributed by atoms with Crippen molar-refractivity contribution in [1.82, 2.24) is 10.6 Å². The van der Waals surface area contributed by atoms with Crippen LogP contribution in [0.15, 0.2) is 4.99 Å². The number of halogens is 1. The van der Waals surface area contributed by atoms with E-state index < -0.39 is 5.60 Å². The lowest BCUT2D eigenvalue weighted by Gasteiger charge is -2.37. The molecule has 3 N–H and O–H groups in total. The Kier molecular flexibility index (Phi) is 8.23. The smallest absolute Gasteiger partial charge is 0.191 e. The number of aliphatic imine (C=N–C) groups is 1. The van der Waals surface area contributed by atoms with E-state index in [0.717, 1.165) is 31.8 Å². The van der Waals surface area contributed by atoms with Gasteiger partial charge in [-0.05, 0) is 40.0 Å². The van der Waals surface area contributed by atoms with E-state index in [1.54, 1.807) is 7.11 Å². The average molecular weight is 385 g/mol. The van der Waals surface area contributed by atoms with Crippen LogP contribution in [0.25, 0.3) is 0 Å². The Labute approximate surface area is 133 Å². The van der Waals surface area contributed by atoms with Gasteiger partial charge < -0.3 is 20.5 Å². The molecule has 19 heavy (non-hydrogen) atoms. The summed E-state index contributed by atoms with van der Waals surface area (Å²) in [6, 6.07) is 0. The summed E-state index contributed by atoms with van der Waals surface area (Å²) in [6.45, 7) is 7.97. The molecule has 0 heterocycles. The molecule has 5 nitrogen and oxygen atoms in total. The SMILES string of the molecule is CCNC(=NCC(C)(C)OC)NCC1(O)CCC1.I. The summed E-state index contributed by atoms with van der Waals surface area (Å²) in [5.41, 5.74) is -0.803. The second-order valence-corrected chi connectivity index (χ2v) is 5.59. The standard InChI is InChI=1S/C13H27N3O2.HI/c1-5-14-11(15-9-12(2,3)18-4)16-10-13(17)7-6-8-13;/h17H,5-10H2,1-4H3,(H2,14,15,16);1H. The first kappa shape index (κ1) is 18.9. The van der Waals surface area contributed by atoms with Gasteiger partial charge in [0.15, 0.2) is 5.96 Å². The zero-order valence-electron chi connectivity index (χ0n) is 12.5. The fraction of sp³-hybridized carbons (Fsp3) is 0.923. The molecule has 0 saturated heterocycles. The van der Waals surface area contributed by atoms with Crippen molar-refractivity contribution in [3.63, 3.8) is 0 Å². The molecule has 6 heteroatoms. The molecule has 1 saturated carbocycles. The normalized spacial score (nSPS) is 18.3. The number of guanidine groups is 1. The molecule has 0 aromatic carbocycles. The van der Waals surface area contributed by atoms with Crippen LogP contribution in [0.4, 0.5) is 0 Å². The highest BCUT2D eigenvalue weighted by atomic mass is 127. The average Bonchev–Trinajstić information content (AvgIpc) is 2.30. The van der Waals surface area contributed by atoms with E-state index in [4.69, 9.17) is 4.74 Å². The van der Waals surface area contributed by atoms with E-state index >= 15 is 0 Å². The Morgan fingerprint density at radius 1 is 1.37 bits per heavy atom. The van der Waals surface area contributed by atoms with Crippen molar-refractivity contribution < 1.29 is 9.84 Å². The quantitative estimate of drug-likeness (QED) is 0.368. The maximum Gasteiger partial charge on any atom is 0.191 e. The maximum absolute atomic E-state index is 10.0. The lowest BCUT2D eigenvalue weighted by atomic mass is 9.80. The predicted molar refractivity (Wildman–Crippen MR) is 89.3 cm³/mol. The molecule has 1 rings (SSSR count). The minimum absolute atomic E-state index is 0. The molecule has 0 bridgehead atoms. The molecule has 0 amide bonds. The van der Waals surface area contributed by atoms with Gasteiger partial charge in [0.25, 0.3) is 0 Å². The Hall–Kier alpha value is -0.0800. The first-order chi connectivity index (χ1) is 8.41. The molecule has 0 aromatic heterocycles. The molecule has 0 radical (unpaired) electrons. The number of hydrogen-bond donors (Lipinski definition) is 3.